The van der Waals surface area contributed by atoms with Gasteiger partial charge in [-0.15, -0.1) is 0 Å². The van der Waals surface area contributed by atoms with Gasteiger partial charge in [-0.25, -0.2) is 0 Å². The Bertz CT molecular complexity index is 407. The molecule has 1 atom stereocenters. The average Bonchev–Trinajstić information content (AvgIpc) is 2.38. The summed E-state index contributed by atoms with van der Waals surface area (Å²) in [7, 11) is 3.13. The van der Waals surface area contributed by atoms with E-state index in [1.54, 1.807) is 25.3 Å². The number of amides is 1. The highest BCUT2D eigenvalue weighted by Gasteiger charge is 2.13. The number of carbonyl (C=O) groups excluding carboxylic acids is 1. The van der Waals surface area contributed by atoms with Crippen LogP contribution in [0.3, 0.4) is 0 Å². The van der Waals surface area contributed by atoms with Gasteiger partial charge in [-0.05, 0) is 24.6 Å². The summed E-state index contributed by atoms with van der Waals surface area (Å²) >= 11 is 0. The monoisotopic (exact) mass is 252 g/mol. The lowest BCUT2D eigenvalue weighted by Gasteiger charge is -2.16. The molecule has 5 heteroatoms. The molecule has 0 aliphatic carbocycles. The Morgan fingerprint density at radius 3 is 2.72 bits per heavy atom. The van der Waals surface area contributed by atoms with Crippen molar-refractivity contribution in [3.05, 3.63) is 23.8 Å². The lowest BCUT2D eigenvalue weighted by Crippen LogP contribution is -2.37. The van der Waals surface area contributed by atoms with Crippen molar-refractivity contribution < 1.29 is 14.3 Å². The number of ether oxygens (including phenoxy) is 2. The third-order valence-corrected chi connectivity index (χ3v) is 2.69. The van der Waals surface area contributed by atoms with E-state index in [1.807, 2.05) is 6.92 Å². The van der Waals surface area contributed by atoms with E-state index in [-0.39, 0.29) is 11.9 Å². The molecule has 0 bridgehead atoms. The number of hydrogen-bond donors (Lipinski definition) is 2. The molecule has 1 rings (SSSR count). The molecule has 0 heterocycles. The van der Waals surface area contributed by atoms with Gasteiger partial charge in [-0.1, -0.05) is 6.92 Å². The Morgan fingerprint density at radius 2 is 2.17 bits per heavy atom. The second-order valence-corrected chi connectivity index (χ2v) is 3.99. The van der Waals surface area contributed by atoms with Gasteiger partial charge in [0.2, 0.25) is 0 Å². The standard InChI is InChI=1S/C13H20N2O3/c1-4-10(8-17-2)15-13(16)9-5-6-11(14)12(7-9)18-3/h5-7,10H,4,8,14H2,1-3H3,(H,15,16). The first-order chi connectivity index (χ1) is 8.62. The van der Waals surface area contributed by atoms with Crippen molar-refractivity contribution in [1.82, 2.24) is 5.32 Å². The van der Waals surface area contributed by atoms with Crippen molar-refractivity contribution in [2.75, 3.05) is 26.6 Å². The van der Waals surface area contributed by atoms with Crippen LogP contribution < -0.4 is 15.8 Å². The number of anilines is 1. The summed E-state index contributed by atoms with van der Waals surface area (Å²) in [5.74, 6) is 0.347. The molecule has 0 aliphatic heterocycles. The van der Waals surface area contributed by atoms with E-state index in [2.05, 4.69) is 5.32 Å². The van der Waals surface area contributed by atoms with E-state index in [0.29, 0.717) is 23.6 Å². The lowest BCUT2D eigenvalue weighted by atomic mass is 10.1. The van der Waals surface area contributed by atoms with E-state index in [9.17, 15) is 4.79 Å². The first-order valence-corrected chi connectivity index (χ1v) is 5.85. The van der Waals surface area contributed by atoms with E-state index in [4.69, 9.17) is 15.2 Å². The Morgan fingerprint density at radius 1 is 1.44 bits per heavy atom. The van der Waals surface area contributed by atoms with Gasteiger partial charge >= 0.3 is 0 Å². The zero-order valence-corrected chi connectivity index (χ0v) is 11.0. The molecule has 0 spiro atoms. The quantitative estimate of drug-likeness (QED) is 0.751. The van der Waals surface area contributed by atoms with Crippen LogP contribution in [0.1, 0.15) is 23.7 Å². The van der Waals surface area contributed by atoms with Crippen LogP contribution in [0, 0.1) is 0 Å². The molecule has 1 aromatic carbocycles. The summed E-state index contributed by atoms with van der Waals surface area (Å²) in [4.78, 5) is 12.0. The minimum absolute atomic E-state index is 0.00560. The second-order valence-electron chi connectivity index (χ2n) is 3.99. The normalized spacial score (nSPS) is 11.9. The van der Waals surface area contributed by atoms with Crippen LogP contribution in [-0.4, -0.2) is 32.8 Å². The fourth-order valence-corrected chi connectivity index (χ4v) is 1.58. The number of hydrogen-bond acceptors (Lipinski definition) is 4. The second kappa shape index (κ2) is 6.86. The van der Waals surface area contributed by atoms with Crippen LogP contribution in [0.2, 0.25) is 0 Å². The highest BCUT2D eigenvalue weighted by molar-refractivity contribution is 5.95. The van der Waals surface area contributed by atoms with Crippen molar-refractivity contribution in [1.29, 1.82) is 0 Å². The molecule has 0 fully saturated rings. The molecule has 0 saturated carbocycles. The highest BCUT2D eigenvalue weighted by Crippen LogP contribution is 2.22. The zero-order chi connectivity index (χ0) is 13.5. The summed E-state index contributed by atoms with van der Waals surface area (Å²) in [6, 6.07) is 4.97. The van der Waals surface area contributed by atoms with Crippen LogP contribution in [0.4, 0.5) is 5.69 Å². The molecule has 1 amide bonds. The zero-order valence-electron chi connectivity index (χ0n) is 11.0. The Labute approximate surface area is 107 Å². The smallest absolute Gasteiger partial charge is 0.251 e. The minimum atomic E-state index is -0.155. The number of methoxy groups -OCH3 is 2. The Hall–Kier alpha value is -1.75. The summed E-state index contributed by atoms with van der Waals surface area (Å²) in [6.07, 6.45) is 0.811. The number of nitrogens with two attached hydrogens (primary N) is 1. The number of nitrogens with one attached hydrogen (secondary N) is 1. The third-order valence-electron chi connectivity index (χ3n) is 2.69. The number of carbonyl (C=O) groups is 1. The van der Waals surface area contributed by atoms with E-state index in [0.717, 1.165) is 6.42 Å². The molecular formula is C13H20N2O3. The van der Waals surface area contributed by atoms with Crippen LogP contribution in [0.5, 0.6) is 5.75 Å². The molecule has 0 aliphatic rings. The van der Waals surface area contributed by atoms with Crippen molar-refractivity contribution in [2.24, 2.45) is 0 Å². The first kappa shape index (κ1) is 14.3. The number of nitrogen functional groups attached to an aromatic ring is 1. The van der Waals surface area contributed by atoms with Crippen LogP contribution in [0.15, 0.2) is 18.2 Å². The Balaban J connectivity index is 2.77. The lowest BCUT2D eigenvalue weighted by molar-refractivity contribution is 0.0894. The SMILES string of the molecule is CCC(COC)NC(=O)c1ccc(N)c(OC)c1. The molecule has 100 valence electrons. The highest BCUT2D eigenvalue weighted by atomic mass is 16.5. The molecule has 0 radical (unpaired) electrons. The predicted molar refractivity (Wildman–Crippen MR) is 70.8 cm³/mol. The van der Waals surface area contributed by atoms with Crippen molar-refractivity contribution in [3.63, 3.8) is 0 Å². The molecule has 0 saturated heterocycles. The van der Waals surface area contributed by atoms with Gasteiger partial charge < -0.3 is 20.5 Å². The molecule has 5 nitrogen and oxygen atoms in total. The molecule has 18 heavy (non-hydrogen) atoms. The van der Waals surface area contributed by atoms with Gasteiger partial charge in [-0.3, -0.25) is 4.79 Å². The average molecular weight is 252 g/mol. The topological polar surface area (TPSA) is 73.6 Å². The van der Waals surface area contributed by atoms with Crippen molar-refractivity contribution in [2.45, 2.75) is 19.4 Å². The summed E-state index contributed by atoms with van der Waals surface area (Å²) in [6.45, 7) is 2.49. The maximum absolute atomic E-state index is 12.0. The van der Waals surface area contributed by atoms with Gasteiger partial charge in [0.05, 0.1) is 25.4 Å². The first-order valence-electron chi connectivity index (χ1n) is 5.85. The number of benzene rings is 1. The summed E-state index contributed by atoms with van der Waals surface area (Å²) in [5.41, 5.74) is 6.73. The van der Waals surface area contributed by atoms with Gasteiger partial charge in [0.25, 0.3) is 5.91 Å². The van der Waals surface area contributed by atoms with Gasteiger partial charge in [0.15, 0.2) is 0 Å². The molecular weight excluding hydrogens is 232 g/mol. The van der Waals surface area contributed by atoms with Crippen molar-refractivity contribution >= 4 is 11.6 Å². The maximum Gasteiger partial charge on any atom is 0.251 e. The fourth-order valence-electron chi connectivity index (χ4n) is 1.58. The molecule has 0 aromatic heterocycles. The van der Waals surface area contributed by atoms with E-state index >= 15 is 0 Å². The third kappa shape index (κ3) is 3.63. The fraction of sp³-hybridized carbons (Fsp3) is 0.462. The largest absolute Gasteiger partial charge is 0.495 e. The van der Waals surface area contributed by atoms with Gasteiger partial charge in [0.1, 0.15) is 5.75 Å². The van der Waals surface area contributed by atoms with Crippen LogP contribution in [0.25, 0.3) is 0 Å². The van der Waals surface area contributed by atoms with Gasteiger partial charge in [0, 0.05) is 12.7 Å². The molecule has 1 unspecified atom stereocenters. The van der Waals surface area contributed by atoms with E-state index in [1.165, 1.54) is 7.11 Å². The summed E-state index contributed by atoms with van der Waals surface area (Å²) in [5, 5.41) is 2.89. The predicted octanol–water partition coefficient (Wildman–Crippen LogP) is 1.43. The summed E-state index contributed by atoms with van der Waals surface area (Å²) < 4.78 is 10.1. The number of rotatable bonds is 6. The van der Waals surface area contributed by atoms with E-state index < -0.39 is 0 Å². The molecule has 1 aromatic rings. The molecule has 3 N–H and O–H groups in total. The van der Waals surface area contributed by atoms with Crippen molar-refractivity contribution in [3.8, 4) is 5.75 Å². The van der Waals surface area contributed by atoms with Crippen LogP contribution >= 0.6 is 0 Å². The van der Waals surface area contributed by atoms with Gasteiger partial charge in [-0.2, -0.15) is 0 Å². The van der Waals surface area contributed by atoms with Crippen LogP contribution in [-0.2, 0) is 4.74 Å². The Kier molecular flexibility index (Phi) is 5.45. The maximum atomic E-state index is 12.0. The minimum Gasteiger partial charge on any atom is -0.495 e.